The fourth-order valence-corrected chi connectivity index (χ4v) is 5.16. The number of carbonyl (C=O) groups excluding carboxylic acids is 1. The number of hydrogen-bond acceptors (Lipinski definition) is 4. The summed E-state index contributed by atoms with van der Waals surface area (Å²) in [5.41, 5.74) is -1.00. The summed E-state index contributed by atoms with van der Waals surface area (Å²) < 4.78 is 64.7. The Morgan fingerprint density at radius 3 is 2.54 bits per heavy atom. The van der Waals surface area contributed by atoms with Crippen LogP contribution in [0, 0.1) is 0 Å². The summed E-state index contributed by atoms with van der Waals surface area (Å²) in [6.07, 6.45) is -2.56. The van der Waals surface area contributed by atoms with Crippen LogP contribution in [-0.4, -0.2) is 61.5 Å². The van der Waals surface area contributed by atoms with Gasteiger partial charge < -0.3 is 5.32 Å². The zero-order valence-electron chi connectivity index (χ0n) is 15.0. The molecule has 11 heteroatoms. The molecule has 1 N–H and O–H groups in total. The molecule has 1 heterocycles. The van der Waals surface area contributed by atoms with Gasteiger partial charge in [-0.15, -0.1) is 0 Å². The number of nitrogens with one attached hydrogen (secondary N) is 1. The zero-order valence-corrected chi connectivity index (χ0v) is 16.6. The van der Waals surface area contributed by atoms with Crippen LogP contribution in [0.3, 0.4) is 0 Å². The molecule has 0 aromatic heterocycles. The minimum Gasteiger partial charge on any atom is -0.324 e. The van der Waals surface area contributed by atoms with Crippen LogP contribution < -0.4 is 5.32 Å². The molecular weight excluding hydrogens is 419 g/mol. The minimum absolute atomic E-state index is 0.0129. The average Bonchev–Trinajstić information content (AvgIpc) is 3.43. The first kappa shape index (κ1) is 21.4. The molecule has 156 valence electrons. The van der Waals surface area contributed by atoms with E-state index in [-0.39, 0.29) is 22.5 Å². The molecule has 1 saturated carbocycles. The number of carbonyl (C=O) groups is 1. The monoisotopic (exact) mass is 439 g/mol. The topological polar surface area (TPSA) is 69.7 Å². The summed E-state index contributed by atoms with van der Waals surface area (Å²) >= 11 is 5.90. The van der Waals surface area contributed by atoms with Gasteiger partial charge in [0.25, 0.3) is 0 Å². The average molecular weight is 440 g/mol. The van der Waals surface area contributed by atoms with Crippen molar-refractivity contribution in [3.05, 3.63) is 28.8 Å². The van der Waals surface area contributed by atoms with Gasteiger partial charge in [0.1, 0.15) is 0 Å². The zero-order chi connectivity index (χ0) is 20.5. The summed E-state index contributed by atoms with van der Waals surface area (Å²) in [4.78, 5) is 14.1. The molecule has 0 radical (unpaired) electrons. The fraction of sp³-hybridized carbons (Fsp3) is 0.588. The van der Waals surface area contributed by atoms with Crippen molar-refractivity contribution in [3.8, 4) is 0 Å². The summed E-state index contributed by atoms with van der Waals surface area (Å²) in [6.45, 7) is 1.58. The summed E-state index contributed by atoms with van der Waals surface area (Å²) in [7, 11) is -3.25. The van der Waals surface area contributed by atoms with Crippen LogP contribution in [-0.2, 0) is 21.0 Å². The second kappa shape index (κ2) is 8.17. The molecule has 2 fully saturated rings. The van der Waals surface area contributed by atoms with Crippen LogP contribution in [0.2, 0.25) is 5.02 Å². The van der Waals surface area contributed by atoms with Gasteiger partial charge in [0.05, 0.1) is 28.1 Å². The Morgan fingerprint density at radius 2 is 1.89 bits per heavy atom. The molecule has 0 bridgehead atoms. The standard InChI is InChI=1S/C17H21ClF3N3O3S/c18-14-5-2-12(17(19,20)21)10-15(14)22-16(25)11-23-6-1-7-24(9-8-23)28(26,27)13-3-4-13/h2,5,10,13H,1,3-4,6-9,11H2,(H,22,25). The van der Waals surface area contributed by atoms with E-state index in [0.29, 0.717) is 45.4 Å². The third-order valence-electron chi connectivity index (χ3n) is 4.79. The van der Waals surface area contributed by atoms with Crippen LogP contribution in [0.1, 0.15) is 24.8 Å². The second-order valence-corrected chi connectivity index (χ2v) is 9.63. The van der Waals surface area contributed by atoms with E-state index in [9.17, 15) is 26.4 Å². The fourth-order valence-electron chi connectivity index (χ4n) is 3.13. The Balaban J connectivity index is 1.58. The number of halogens is 4. The van der Waals surface area contributed by atoms with Crippen molar-refractivity contribution < 1.29 is 26.4 Å². The number of sulfonamides is 1. The maximum Gasteiger partial charge on any atom is 0.416 e. The van der Waals surface area contributed by atoms with Gasteiger partial charge in [0.15, 0.2) is 0 Å². The van der Waals surface area contributed by atoms with Gasteiger partial charge in [-0.25, -0.2) is 12.7 Å². The third-order valence-corrected chi connectivity index (χ3v) is 7.52. The normalized spacial score (nSPS) is 20.0. The molecule has 2 aliphatic rings. The van der Waals surface area contributed by atoms with Crippen molar-refractivity contribution in [2.24, 2.45) is 0 Å². The first-order valence-corrected chi connectivity index (χ1v) is 10.8. The maximum absolute atomic E-state index is 12.8. The minimum atomic E-state index is -4.54. The quantitative estimate of drug-likeness (QED) is 0.766. The molecule has 1 aliphatic heterocycles. The molecule has 1 aliphatic carbocycles. The van der Waals surface area contributed by atoms with Gasteiger partial charge in [-0.3, -0.25) is 9.69 Å². The first-order chi connectivity index (χ1) is 13.1. The van der Waals surface area contributed by atoms with Crippen molar-refractivity contribution in [2.75, 3.05) is 38.0 Å². The lowest BCUT2D eigenvalue weighted by Gasteiger charge is -2.21. The van der Waals surface area contributed by atoms with E-state index in [2.05, 4.69) is 5.32 Å². The van der Waals surface area contributed by atoms with Crippen LogP contribution in [0.5, 0.6) is 0 Å². The van der Waals surface area contributed by atoms with Crippen molar-refractivity contribution in [1.82, 2.24) is 9.21 Å². The molecule has 28 heavy (non-hydrogen) atoms. The molecule has 1 aromatic carbocycles. The van der Waals surface area contributed by atoms with Gasteiger partial charge in [-0.2, -0.15) is 13.2 Å². The summed E-state index contributed by atoms with van der Waals surface area (Å²) in [5, 5.41) is 2.16. The number of hydrogen-bond donors (Lipinski definition) is 1. The second-order valence-electron chi connectivity index (χ2n) is 7.01. The van der Waals surface area contributed by atoms with E-state index < -0.39 is 27.7 Å². The van der Waals surface area contributed by atoms with Crippen LogP contribution in [0.15, 0.2) is 18.2 Å². The van der Waals surface area contributed by atoms with Crippen LogP contribution >= 0.6 is 11.6 Å². The SMILES string of the molecule is O=C(CN1CCCN(S(=O)(=O)C2CC2)CC1)Nc1cc(C(F)(F)F)ccc1Cl. The van der Waals surface area contributed by atoms with E-state index in [4.69, 9.17) is 11.6 Å². The molecule has 0 spiro atoms. The number of anilines is 1. The van der Waals surface area contributed by atoms with Crippen molar-refractivity contribution in [2.45, 2.75) is 30.7 Å². The highest BCUT2D eigenvalue weighted by Crippen LogP contribution is 2.34. The Hall–Kier alpha value is -1.36. The van der Waals surface area contributed by atoms with E-state index in [1.807, 2.05) is 0 Å². The van der Waals surface area contributed by atoms with Crippen molar-refractivity contribution in [1.29, 1.82) is 0 Å². The molecule has 1 amide bonds. The Labute approximate surface area is 166 Å². The molecule has 1 saturated heterocycles. The van der Waals surface area contributed by atoms with Crippen LogP contribution in [0.25, 0.3) is 0 Å². The Kier molecular flexibility index (Phi) is 6.23. The number of benzene rings is 1. The maximum atomic E-state index is 12.8. The molecule has 6 nitrogen and oxygen atoms in total. The Bertz CT molecular complexity index is 844. The predicted octanol–water partition coefficient (Wildman–Crippen LogP) is 2.80. The lowest BCUT2D eigenvalue weighted by atomic mass is 10.2. The lowest BCUT2D eigenvalue weighted by molar-refractivity contribution is -0.137. The number of amides is 1. The van der Waals surface area contributed by atoms with E-state index in [0.717, 1.165) is 18.2 Å². The van der Waals surface area contributed by atoms with Crippen LogP contribution in [0.4, 0.5) is 18.9 Å². The number of alkyl halides is 3. The Morgan fingerprint density at radius 1 is 1.18 bits per heavy atom. The van der Waals surface area contributed by atoms with Gasteiger partial charge in [0.2, 0.25) is 15.9 Å². The van der Waals surface area contributed by atoms with Crippen molar-refractivity contribution in [3.63, 3.8) is 0 Å². The van der Waals surface area contributed by atoms with Gasteiger partial charge in [0, 0.05) is 19.6 Å². The molecular formula is C17H21ClF3N3O3S. The van der Waals surface area contributed by atoms with Gasteiger partial charge >= 0.3 is 6.18 Å². The number of nitrogens with zero attached hydrogens (tertiary/aromatic N) is 2. The smallest absolute Gasteiger partial charge is 0.324 e. The highest BCUT2D eigenvalue weighted by atomic mass is 35.5. The largest absolute Gasteiger partial charge is 0.416 e. The van der Waals surface area contributed by atoms with Gasteiger partial charge in [-0.05, 0) is 44.0 Å². The van der Waals surface area contributed by atoms with E-state index in [1.54, 1.807) is 4.90 Å². The van der Waals surface area contributed by atoms with E-state index in [1.165, 1.54) is 4.31 Å². The lowest BCUT2D eigenvalue weighted by Crippen LogP contribution is -2.39. The molecule has 3 rings (SSSR count). The third kappa shape index (κ3) is 5.16. The first-order valence-electron chi connectivity index (χ1n) is 8.95. The molecule has 0 atom stereocenters. The molecule has 1 aromatic rings. The summed E-state index contributed by atoms with van der Waals surface area (Å²) in [6, 6.07) is 2.74. The van der Waals surface area contributed by atoms with Gasteiger partial charge in [-0.1, -0.05) is 11.6 Å². The predicted molar refractivity (Wildman–Crippen MR) is 99.7 cm³/mol. The molecule has 0 unspecified atom stereocenters. The number of rotatable bonds is 5. The highest BCUT2D eigenvalue weighted by Gasteiger charge is 2.40. The van der Waals surface area contributed by atoms with E-state index >= 15 is 0 Å². The highest BCUT2D eigenvalue weighted by molar-refractivity contribution is 7.90. The summed E-state index contributed by atoms with van der Waals surface area (Å²) in [5.74, 6) is -0.500. The van der Waals surface area contributed by atoms with Crippen molar-refractivity contribution >= 4 is 33.2 Å².